The summed E-state index contributed by atoms with van der Waals surface area (Å²) in [6.07, 6.45) is 5.46. The van der Waals surface area contributed by atoms with Crippen molar-refractivity contribution >= 4 is 5.97 Å². The molecule has 1 aromatic carbocycles. The first-order chi connectivity index (χ1) is 8.09. The van der Waals surface area contributed by atoms with Crippen LogP contribution in [0.4, 0.5) is 0 Å². The maximum atomic E-state index is 9.36. The summed E-state index contributed by atoms with van der Waals surface area (Å²) in [5.74, 6) is 1.20. The monoisotopic (exact) mass is 234 g/mol. The summed E-state index contributed by atoms with van der Waals surface area (Å²) in [5, 5.41) is 16.8. The summed E-state index contributed by atoms with van der Waals surface area (Å²) < 4.78 is 0. The van der Waals surface area contributed by atoms with Gasteiger partial charge in [0.2, 0.25) is 0 Å². The lowest BCUT2D eigenvalue weighted by molar-refractivity contribution is -0.134. The van der Waals surface area contributed by atoms with Crippen molar-refractivity contribution in [1.29, 1.82) is 0 Å². The minimum absolute atomic E-state index is 0.433. The quantitative estimate of drug-likeness (QED) is 0.724. The maximum Gasteiger partial charge on any atom is 0.300 e. The van der Waals surface area contributed by atoms with Crippen molar-refractivity contribution in [3.05, 3.63) is 29.3 Å². The van der Waals surface area contributed by atoms with Crippen LogP contribution in [-0.2, 0) is 4.79 Å². The molecule has 3 heteroatoms. The van der Waals surface area contributed by atoms with Gasteiger partial charge in [0.25, 0.3) is 5.97 Å². The molecule has 0 bridgehead atoms. The van der Waals surface area contributed by atoms with Gasteiger partial charge in [0.15, 0.2) is 0 Å². The zero-order valence-electron chi connectivity index (χ0n) is 10.0. The average molecular weight is 234 g/mol. The highest BCUT2D eigenvalue weighted by molar-refractivity contribution is 5.62. The van der Waals surface area contributed by atoms with Gasteiger partial charge in [-0.2, -0.15) is 0 Å². The van der Waals surface area contributed by atoms with E-state index >= 15 is 0 Å². The molecular formula is C14H18O3. The van der Waals surface area contributed by atoms with Crippen LogP contribution >= 0.6 is 0 Å². The third-order valence-corrected chi connectivity index (χ3v) is 3.64. The Morgan fingerprint density at radius 1 is 1.18 bits per heavy atom. The molecule has 3 nitrogen and oxygen atoms in total. The number of rotatable bonds is 0. The Balaban J connectivity index is 0.000000239. The van der Waals surface area contributed by atoms with Gasteiger partial charge >= 0.3 is 0 Å². The third-order valence-electron chi connectivity index (χ3n) is 3.64. The summed E-state index contributed by atoms with van der Waals surface area (Å²) in [6.45, 7) is 1.08. The fourth-order valence-electron chi connectivity index (χ4n) is 3.00. The summed E-state index contributed by atoms with van der Waals surface area (Å²) in [7, 11) is 0. The molecule has 1 fully saturated rings. The number of carboxylic acid groups (broad SMARTS) is 1. The van der Waals surface area contributed by atoms with Gasteiger partial charge in [-0.1, -0.05) is 18.9 Å². The van der Waals surface area contributed by atoms with Crippen LogP contribution in [-0.4, -0.2) is 16.2 Å². The first-order valence-corrected chi connectivity index (χ1v) is 6.12. The zero-order chi connectivity index (χ0) is 12.4. The molecule has 0 spiro atoms. The number of phenols is 1. The lowest BCUT2D eigenvalue weighted by atomic mass is 9.61. The lowest BCUT2D eigenvalue weighted by Gasteiger charge is -2.43. The number of aliphatic carboxylic acids is 1. The minimum atomic E-state index is -0.833. The number of aromatic hydroxyl groups is 1. The Morgan fingerprint density at radius 2 is 1.71 bits per heavy atom. The molecule has 2 atom stereocenters. The van der Waals surface area contributed by atoms with E-state index in [9.17, 15) is 5.11 Å². The Hall–Kier alpha value is -1.51. The number of carboxylic acids is 1. The van der Waals surface area contributed by atoms with Gasteiger partial charge in [0.1, 0.15) is 5.75 Å². The SMILES string of the molecule is CC(=O)O.Oc1ccc2c(c1)[C@H]1CCCC[C@@H]21. The predicted octanol–water partition coefficient (Wildman–Crippen LogP) is 3.24. The number of carbonyl (C=O) groups is 1. The van der Waals surface area contributed by atoms with E-state index in [4.69, 9.17) is 9.90 Å². The summed E-state index contributed by atoms with van der Waals surface area (Å²) in [4.78, 5) is 9.00. The van der Waals surface area contributed by atoms with Crippen LogP contribution in [0.15, 0.2) is 18.2 Å². The van der Waals surface area contributed by atoms with Crippen molar-refractivity contribution in [2.24, 2.45) is 0 Å². The third kappa shape index (κ3) is 2.43. The maximum absolute atomic E-state index is 9.36. The standard InChI is InChI=1S/C12H14O.C2H4O2/c13-8-5-6-11-9-3-1-2-4-10(9)12(11)7-8;1-2(3)4/h5-7,9-10,13H,1-4H2;1H3,(H,3,4)/t9-,10+;/m1./s1. The van der Waals surface area contributed by atoms with Crippen molar-refractivity contribution in [3.8, 4) is 5.75 Å². The van der Waals surface area contributed by atoms with Gasteiger partial charge in [-0.15, -0.1) is 0 Å². The highest BCUT2D eigenvalue weighted by atomic mass is 16.4. The van der Waals surface area contributed by atoms with Gasteiger partial charge in [-0.05, 0) is 47.9 Å². The van der Waals surface area contributed by atoms with Crippen LogP contribution in [0.1, 0.15) is 55.6 Å². The lowest BCUT2D eigenvalue weighted by Crippen LogP contribution is -2.27. The first-order valence-electron chi connectivity index (χ1n) is 6.12. The molecule has 2 aliphatic rings. The zero-order valence-corrected chi connectivity index (χ0v) is 10.0. The molecule has 1 saturated carbocycles. The summed E-state index contributed by atoms with van der Waals surface area (Å²) in [6, 6.07) is 5.89. The Labute approximate surface area is 101 Å². The molecule has 0 saturated heterocycles. The molecule has 0 amide bonds. The van der Waals surface area contributed by atoms with Crippen molar-refractivity contribution in [2.45, 2.75) is 44.4 Å². The van der Waals surface area contributed by atoms with E-state index in [1.165, 1.54) is 36.8 Å². The molecule has 17 heavy (non-hydrogen) atoms. The van der Waals surface area contributed by atoms with Gasteiger partial charge in [-0.3, -0.25) is 4.79 Å². The van der Waals surface area contributed by atoms with E-state index in [1.54, 1.807) is 0 Å². The molecule has 1 aromatic rings. The van der Waals surface area contributed by atoms with Gasteiger partial charge < -0.3 is 10.2 Å². The molecular weight excluding hydrogens is 216 g/mol. The highest BCUT2D eigenvalue weighted by Crippen LogP contribution is 2.55. The fraction of sp³-hybridized carbons (Fsp3) is 0.500. The Morgan fingerprint density at radius 3 is 2.29 bits per heavy atom. The first kappa shape index (κ1) is 12.0. The van der Waals surface area contributed by atoms with Crippen LogP contribution in [0.2, 0.25) is 0 Å². The molecule has 92 valence electrons. The van der Waals surface area contributed by atoms with E-state index in [2.05, 4.69) is 6.07 Å². The molecule has 2 N–H and O–H groups in total. The van der Waals surface area contributed by atoms with E-state index in [0.29, 0.717) is 5.75 Å². The van der Waals surface area contributed by atoms with Crippen molar-refractivity contribution in [2.75, 3.05) is 0 Å². The Kier molecular flexibility index (Phi) is 3.36. The van der Waals surface area contributed by atoms with E-state index in [1.807, 2.05) is 12.1 Å². The number of hydrogen-bond acceptors (Lipinski definition) is 2. The summed E-state index contributed by atoms with van der Waals surface area (Å²) >= 11 is 0. The molecule has 2 aliphatic carbocycles. The minimum Gasteiger partial charge on any atom is -0.508 e. The number of hydrogen-bond donors (Lipinski definition) is 2. The molecule has 0 unspecified atom stereocenters. The van der Waals surface area contributed by atoms with Crippen LogP contribution in [0.5, 0.6) is 5.75 Å². The van der Waals surface area contributed by atoms with Gasteiger partial charge in [0.05, 0.1) is 0 Å². The van der Waals surface area contributed by atoms with Crippen molar-refractivity contribution in [3.63, 3.8) is 0 Å². The van der Waals surface area contributed by atoms with Gasteiger partial charge in [-0.25, -0.2) is 0 Å². The fourth-order valence-corrected chi connectivity index (χ4v) is 3.00. The number of fused-ring (bicyclic) bond motifs is 4. The normalized spacial score (nSPS) is 24.5. The van der Waals surface area contributed by atoms with E-state index < -0.39 is 5.97 Å². The second kappa shape index (κ2) is 4.78. The van der Waals surface area contributed by atoms with Crippen LogP contribution < -0.4 is 0 Å². The van der Waals surface area contributed by atoms with Crippen molar-refractivity contribution < 1.29 is 15.0 Å². The predicted molar refractivity (Wildman–Crippen MR) is 65.4 cm³/mol. The molecule has 3 rings (SSSR count). The molecule has 0 aromatic heterocycles. The Bertz CT molecular complexity index is 421. The largest absolute Gasteiger partial charge is 0.508 e. The average Bonchev–Trinajstić information content (AvgIpc) is 2.26. The number of benzene rings is 1. The van der Waals surface area contributed by atoms with Crippen LogP contribution in [0, 0.1) is 0 Å². The highest BCUT2D eigenvalue weighted by Gasteiger charge is 2.38. The summed E-state index contributed by atoms with van der Waals surface area (Å²) in [5.41, 5.74) is 2.92. The number of phenolic OH excluding ortho intramolecular Hbond substituents is 1. The molecule has 0 aliphatic heterocycles. The van der Waals surface area contributed by atoms with Crippen LogP contribution in [0.3, 0.4) is 0 Å². The second-order valence-corrected chi connectivity index (χ2v) is 4.83. The molecule has 0 radical (unpaired) electrons. The van der Waals surface area contributed by atoms with E-state index in [0.717, 1.165) is 18.8 Å². The smallest absolute Gasteiger partial charge is 0.300 e. The van der Waals surface area contributed by atoms with Crippen molar-refractivity contribution in [1.82, 2.24) is 0 Å². The van der Waals surface area contributed by atoms with E-state index in [-0.39, 0.29) is 0 Å². The molecule has 0 heterocycles. The van der Waals surface area contributed by atoms with Gasteiger partial charge in [0, 0.05) is 6.92 Å². The topological polar surface area (TPSA) is 57.5 Å². The second-order valence-electron chi connectivity index (χ2n) is 4.83. The van der Waals surface area contributed by atoms with Crippen LogP contribution in [0.25, 0.3) is 0 Å².